The average molecular weight is 492 g/mol. The summed E-state index contributed by atoms with van der Waals surface area (Å²) in [5.41, 5.74) is -7.43. The van der Waals surface area contributed by atoms with Crippen molar-refractivity contribution in [3.8, 4) is 11.1 Å². The van der Waals surface area contributed by atoms with E-state index in [0.29, 0.717) is 18.6 Å². The summed E-state index contributed by atoms with van der Waals surface area (Å²) in [4.78, 5) is 0. The molecule has 0 bridgehead atoms. The lowest BCUT2D eigenvalue weighted by molar-refractivity contribution is -0.239. The summed E-state index contributed by atoms with van der Waals surface area (Å²) in [5, 5.41) is 0. The van der Waals surface area contributed by atoms with Crippen LogP contribution in [0, 0.1) is 46.5 Å². The Morgan fingerprint density at radius 2 is 1.10 bits per heavy atom. The van der Waals surface area contributed by atoms with Crippen LogP contribution in [-0.2, 0) is 0 Å². The molecule has 0 spiro atoms. The Bertz CT molecular complexity index is 908. The summed E-state index contributed by atoms with van der Waals surface area (Å²) in [7, 11) is -1.35. The highest BCUT2D eigenvalue weighted by Crippen LogP contribution is 2.48. The predicted octanol–water partition coefficient (Wildman–Crippen LogP) is 7.70. The molecule has 31 heavy (non-hydrogen) atoms. The zero-order valence-corrected chi connectivity index (χ0v) is 16.0. The zero-order valence-electron chi connectivity index (χ0n) is 15.0. The van der Waals surface area contributed by atoms with Gasteiger partial charge >= 0.3 is 11.8 Å². The van der Waals surface area contributed by atoms with E-state index in [1.807, 2.05) is 0 Å². The van der Waals surface area contributed by atoms with Gasteiger partial charge in [0.15, 0.2) is 40.7 Å². The van der Waals surface area contributed by atoms with Crippen LogP contribution >= 0.6 is 8.58 Å². The predicted molar refractivity (Wildman–Crippen MR) is 86.0 cm³/mol. The third-order valence-corrected chi connectivity index (χ3v) is 4.94. The molecule has 0 aliphatic heterocycles. The van der Waals surface area contributed by atoms with Crippen LogP contribution in [0.5, 0.6) is 0 Å². The minimum absolute atomic E-state index is 0.0769. The number of alkyl halides is 5. The summed E-state index contributed by atoms with van der Waals surface area (Å²) in [6.07, 6.45) is -5.10. The van der Waals surface area contributed by atoms with Crippen molar-refractivity contribution >= 4 is 8.58 Å². The Labute approximate surface area is 167 Å². The highest BCUT2D eigenvalue weighted by Gasteiger charge is 2.56. The third-order valence-electron chi connectivity index (χ3n) is 3.47. The van der Waals surface area contributed by atoms with E-state index in [9.17, 15) is 57.1 Å². The maximum absolute atomic E-state index is 13.4. The van der Waals surface area contributed by atoms with Gasteiger partial charge in [0.1, 0.15) is 0 Å². The lowest BCUT2D eigenvalue weighted by atomic mass is 10.0. The van der Waals surface area contributed by atoms with Crippen molar-refractivity contribution in [1.82, 2.24) is 0 Å². The summed E-state index contributed by atoms with van der Waals surface area (Å²) in [6.45, 7) is 1.57. The van der Waals surface area contributed by atoms with Crippen molar-refractivity contribution in [2.45, 2.75) is 25.2 Å². The molecule has 0 aromatic heterocycles. The van der Waals surface area contributed by atoms with Crippen molar-refractivity contribution in [2.75, 3.05) is 6.16 Å². The molecular formula is C17H10F13P. The van der Waals surface area contributed by atoms with Gasteiger partial charge in [0.25, 0.3) is 0 Å². The van der Waals surface area contributed by atoms with E-state index < -0.39 is 78.1 Å². The Morgan fingerprint density at radius 1 is 0.645 bits per heavy atom. The Hall–Kier alpha value is -2.04. The minimum Gasteiger partial charge on any atom is -0.204 e. The highest BCUT2D eigenvalue weighted by atomic mass is 31.1. The van der Waals surface area contributed by atoms with Crippen molar-refractivity contribution in [1.29, 1.82) is 0 Å². The molecule has 0 fully saturated rings. The molecule has 14 heteroatoms. The van der Waals surface area contributed by atoms with Gasteiger partial charge in [-0.2, -0.15) is 22.0 Å². The summed E-state index contributed by atoms with van der Waals surface area (Å²) >= 11 is 0. The van der Waals surface area contributed by atoms with Crippen LogP contribution in [0.2, 0.25) is 0 Å². The van der Waals surface area contributed by atoms with Crippen LogP contribution in [0.3, 0.4) is 0 Å². The minimum atomic E-state index is -5.37. The lowest BCUT2D eigenvalue weighted by Crippen LogP contribution is -2.31. The standard InChI is InChI=1S/C12H2F8.C5H8F5P/c13-4-2-1-3(6(14)7(4)15)5-8(16)10(18)12(20)11(19)9(5)17;1-2-3-11-5(9,10)4(6,7)8/h1-2H;11H,2-3H2,1H3. The van der Waals surface area contributed by atoms with E-state index in [1.54, 1.807) is 6.92 Å². The second-order valence-corrected chi connectivity index (χ2v) is 7.15. The zero-order chi connectivity index (χ0) is 24.3. The molecule has 0 heterocycles. The van der Waals surface area contributed by atoms with Crippen LogP contribution < -0.4 is 0 Å². The van der Waals surface area contributed by atoms with E-state index in [-0.39, 0.29) is 6.16 Å². The number of benzene rings is 2. The third kappa shape index (κ3) is 5.81. The highest BCUT2D eigenvalue weighted by molar-refractivity contribution is 7.39. The van der Waals surface area contributed by atoms with Gasteiger partial charge in [-0.3, -0.25) is 0 Å². The van der Waals surface area contributed by atoms with Crippen molar-refractivity contribution in [2.24, 2.45) is 0 Å². The number of rotatable bonds is 4. The van der Waals surface area contributed by atoms with Crippen LogP contribution in [0.4, 0.5) is 57.1 Å². The van der Waals surface area contributed by atoms with Crippen LogP contribution in [-0.4, -0.2) is 18.0 Å². The van der Waals surface area contributed by atoms with Crippen LogP contribution in [0.25, 0.3) is 11.1 Å². The van der Waals surface area contributed by atoms with Gasteiger partial charge in [-0.15, -0.1) is 0 Å². The molecule has 0 N–H and O–H groups in total. The van der Waals surface area contributed by atoms with E-state index in [1.165, 1.54) is 0 Å². The molecule has 1 atom stereocenters. The Kier molecular flexibility index (Phi) is 8.75. The smallest absolute Gasteiger partial charge is 0.204 e. The second kappa shape index (κ2) is 10.1. The van der Waals surface area contributed by atoms with Crippen molar-refractivity contribution < 1.29 is 57.1 Å². The largest absolute Gasteiger partial charge is 0.457 e. The molecule has 0 nitrogen and oxygen atoms in total. The monoisotopic (exact) mass is 492 g/mol. The summed E-state index contributed by atoms with van der Waals surface area (Å²) < 4.78 is 163. The number of halogens is 13. The molecule has 0 aliphatic rings. The first-order valence-electron chi connectivity index (χ1n) is 7.93. The van der Waals surface area contributed by atoms with Crippen LogP contribution in [0.15, 0.2) is 12.1 Å². The molecule has 0 amide bonds. The van der Waals surface area contributed by atoms with Crippen LogP contribution in [0.1, 0.15) is 13.3 Å². The molecule has 0 saturated heterocycles. The number of hydrogen-bond donors (Lipinski definition) is 0. The van der Waals surface area contributed by atoms with Gasteiger partial charge in [0.2, 0.25) is 5.82 Å². The van der Waals surface area contributed by atoms with Crippen molar-refractivity contribution in [3.63, 3.8) is 0 Å². The fourth-order valence-electron chi connectivity index (χ4n) is 1.94. The van der Waals surface area contributed by atoms with E-state index >= 15 is 0 Å². The van der Waals surface area contributed by atoms with Gasteiger partial charge in [0.05, 0.1) is 5.56 Å². The second-order valence-electron chi connectivity index (χ2n) is 5.67. The normalized spacial score (nSPS) is 12.3. The van der Waals surface area contributed by atoms with Gasteiger partial charge in [0, 0.05) is 5.56 Å². The first-order chi connectivity index (χ1) is 14.1. The molecule has 0 radical (unpaired) electrons. The SMILES string of the molecule is CCCPC(F)(F)C(F)(F)F.Fc1ccc(-c2c(F)c(F)c(F)c(F)c2F)c(F)c1F. The van der Waals surface area contributed by atoms with Gasteiger partial charge in [-0.1, -0.05) is 13.3 Å². The summed E-state index contributed by atoms with van der Waals surface area (Å²) in [6, 6.07) is 0.665. The molecule has 0 aliphatic carbocycles. The first-order valence-corrected chi connectivity index (χ1v) is 9.14. The maximum atomic E-state index is 13.4. The van der Waals surface area contributed by atoms with E-state index in [2.05, 4.69) is 0 Å². The average Bonchev–Trinajstić information content (AvgIpc) is 2.69. The van der Waals surface area contributed by atoms with E-state index in [4.69, 9.17) is 0 Å². The van der Waals surface area contributed by atoms with Gasteiger partial charge in [-0.25, -0.2) is 35.1 Å². The fourth-order valence-corrected chi connectivity index (χ4v) is 2.71. The van der Waals surface area contributed by atoms with Crippen molar-refractivity contribution in [3.05, 3.63) is 58.7 Å². The molecule has 0 saturated carbocycles. The van der Waals surface area contributed by atoms with E-state index in [0.717, 1.165) is 0 Å². The maximum Gasteiger partial charge on any atom is 0.457 e. The molecule has 1 unspecified atom stereocenters. The molecule has 2 rings (SSSR count). The first kappa shape index (κ1) is 27.0. The number of hydrogen-bond acceptors (Lipinski definition) is 0. The van der Waals surface area contributed by atoms with Gasteiger partial charge < -0.3 is 0 Å². The van der Waals surface area contributed by atoms with Gasteiger partial charge in [-0.05, 0) is 26.9 Å². The fraction of sp³-hybridized carbons (Fsp3) is 0.294. The molecular weight excluding hydrogens is 482 g/mol. The Morgan fingerprint density at radius 3 is 1.52 bits per heavy atom. The lowest BCUT2D eigenvalue weighted by Gasteiger charge is -2.18. The summed E-state index contributed by atoms with van der Waals surface area (Å²) in [5.74, 6) is -17.6. The Balaban J connectivity index is 0.000000373. The molecule has 174 valence electrons. The topological polar surface area (TPSA) is 0 Å². The molecule has 2 aromatic carbocycles. The quantitative estimate of drug-likeness (QED) is 0.178. The molecule has 2 aromatic rings.